The summed E-state index contributed by atoms with van der Waals surface area (Å²) in [7, 11) is 0. The lowest BCUT2D eigenvalue weighted by atomic mass is 10.2. The van der Waals surface area contributed by atoms with Crippen LogP contribution in [0.5, 0.6) is 5.75 Å². The highest BCUT2D eigenvalue weighted by Crippen LogP contribution is 2.26. The SMILES string of the molecule is CCOc1ccc(NC(=O)CNC(=O)c2ccccc2SCc2nnnn2-c2ccccc2)cc1. The Hall–Kier alpha value is -4.18. The maximum atomic E-state index is 12.8. The molecule has 0 radical (unpaired) electrons. The van der Waals surface area contributed by atoms with Crippen LogP contribution in [0.15, 0.2) is 83.8 Å². The molecular formula is C25H24N6O3S. The van der Waals surface area contributed by atoms with Crippen molar-refractivity contribution < 1.29 is 14.3 Å². The van der Waals surface area contributed by atoms with Gasteiger partial charge in [0.1, 0.15) is 5.75 Å². The van der Waals surface area contributed by atoms with Crippen LogP contribution in [0.4, 0.5) is 5.69 Å². The molecule has 0 aliphatic rings. The minimum absolute atomic E-state index is 0.155. The van der Waals surface area contributed by atoms with Crippen molar-refractivity contribution >= 4 is 29.3 Å². The van der Waals surface area contributed by atoms with Gasteiger partial charge in [-0.15, -0.1) is 16.9 Å². The monoisotopic (exact) mass is 488 g/mol. The summed E-state index contributed by atoms with van der Waals surface area (Å²) in [5.74, 6) is 1.19. The van der Waals surface area contributed by atoms with Crippen LogP contribution < -0.4 is 15.4 Å². The molecule has 0 spiro atoms. The highest BCUT2D eigenvalue weighted by molar-refractivity contribution is 7.98. The van der Waals surface area contributed by atoms with E-state index in [-0.39, 0.29) is 18.4 Å². The molecule has 10 heteroatoms. The fourth-order valence-corrected chi connectivity index (χ4v) is 4.21. The Bertz CT molecular complexity index is 1280. The molecule has 9 nitrogen and oxygen atoms in total. The van der Waals surface area contributed by atoms with E-state index < -0.39 is 0 Å². The summed E-state index contributed by atoms with van der Waals surface area (Å²) in [5.41, 5.74) is 1.96. The lowest BCUT2D eigenvalue weighted by Crippen LogP contribution is -2.33. The maximum Gasteiger partial charge on any atom is 0.252 e. The first-order valence-electron chi connectivity index (χ1n) is 11.0. The van der Waals surface area contributed by atoms with E-state index in [1.807, 2.05) is 49.4 Å². The van der Waals surface area contributed by atoms with Crippen molar-refractivity contribution in [2.24, 2.45) is 0 Å². The van der Waals surface area contributed by atoms with E-state index in [1.165, 1.54) is 11.8 Å². The van der Waals surface area contributed by atoms with Gasteiger partial charge in [0.15, 0.2) is 5.82 Å². The predicted molar refractivity (Wildman–Crippen MR) is 134 cm³/mol. The van der Waals surface area contributed by atoms with Crippen LogP contribution in [0.25, 0.3) is 5.69 Å². The van der Waals surface area contributed by atoms with Gasteiger partial charge in [0, 0.05) is 10.6 Å². The normalized spacial score (nSPS) is 10.5. The molecule has 0 fully saturated rings. The molecule has 178 valence electrons. The second kappa shape index (κ2) is 11.8. The van der Waals surface area contributed by atoms with Crippen molar-refractivity contribution in [3.8, 4) is 11.4 Å². The number of carbonyl (C=O) groups excluding carboxylic acids is 2. The van der Waals surface area contributed by atoms with E-state index in [0.29, 0.717) is 29.4 Å². The molecular weight excluding hydrogens is 464 g/mol. The van der Waals surface area contributed by atoms with Crippen molar-refractivity contribution in [3.63, 3.8) is 0 Å². The zero-order valence-corrected chi connectivity index (χ0v) is 19.9. The van der Waals surface area contributed by atoms with E-state index in [2.05, 4.69) is 26.2 Å². The highest BCUT2D eigenvalue weighted by Gasteiger charge is 2.15. The Kier molecular flexibility index (Phi) is 8.08. The summed E-state index contributed by atoms with van der Waals surface area (Å²) in [6, 6.07) is 23.9. The number of nitrogens with one attached hydrogen (secondary N) is 2. The van der Waals surface area contributed by atoms with Crippen LogP contribution >= 0.6 is 11.8 Å². The Balaban J connectivity index is 1.34. The van der Waals surface area contributed by atoms with Gasteiger partial charge in [0.05, 0.1) is 30.2 Å². The molecule has 0 bridgehead atoms. The van der Waals surface area contributed by atoms with E-state index in [1.54, 1.807) is 41.1 Å². The fraction of sp³-hybridized carbons (Fsp3) is 0.160. The van der Waals surface area contributed by atoms with Gasteiger partial charge >= 0.3 is 0 Å². The minimum Gasteiger partial charge on any atom is -0.494 e. The third-order valence-corrected chi connectivity index (χ3v) is 5.95. The molecule has 0 unspecified atom stereocenters. The quantitative estimate of drug-likeness (QED) is 0.327. The largest absolute Gasteiger partial charge is 0.494 e. The Morgan fingerprint density at radius 1 is 0.971 bits per heavy atom. The molecule has 0 aliphatic heterocycles. The number of carbonyl (C=O) groups is 2. The number of thioether (sulfide) groups is 1. The molecule has 3 aromatic carbocycles. The van der Waals surface area contributed by atoms with Crippen molar-refractivity contribution in [2.45, 2.75) is 17.6 Å². The zero-order valence-electron chi connectivity index (χ0n) is 19.0. The van der Waals surface area contributed by atoms with E-state index in [0.717, 1.165) is 16.3 Å². The number of benzene rings is 3. The molecule has 4 aromatic rings. The molecule has 0 atom stereocenters. The average Bonchev–Trinajstić information content (AvgIpc) is 3.37. The lowest BCUT2D eigenvalue weighted by Gasteiger charge is -2.11. The van der Waals surface area contributed by atoms with Gasteiger partial charge in [0.25, 0.3) is 5.91 Å². The standard InChI is InChI=1S/C25H24N6O3S/c1-2-34-20-14-12-18(13-15-20)27-24(32)16-26-25(33)21-10-6-7-11-22(21)35-17-23-28-29-30-31(23)19-8-4-3-5-9-19/h3-15H,2,16-17H2,1H3,(H,26,33)(H,27,32). The van der Waals surface area contributed by atoms with Crippen LogP contribution in [-0.2, 0) is 10.5 Å². The Morgan fingerprint density at radius 3 is 2.49 bits per heavy atom. The predicted octanol–water partition coefficient (Wildman–Crippen LogP) is 3.72. The topological polar surface area (TPSA) is 111 Å². The minimum atomic E-state index is -0.336. The number of para-hydroxylation sites is 1. The molecule has 2 amide bonds. The summed E-state index contributed by atoms with van der Waals surface area (Å²) in [6.45, 7) is 2.32. The van der Waals surface area contributed by atoms with Gasteiger partial charge in [-0.1, -0.05) is 30.3 Å². The van der Waals surface area contributed by atoms with Crippen molar-refractivity contribution in [1.29, 1.82) is 0 Å². The van der Waals surface area contributed by atoms with E-state index in [4.69, 9.17) is 4.74 Å². The van der Waals surface area contributed by atoms with E-state index in [9.17, 15) is 9.59 Å². The first-order valence-corrected chi connectivity index (χ1v) is 12.0. The first kappa shape index (κ1) is 24.0. The molecule has 0 aliphatic carbocycles. The number of tetrazole rings is 1. The number of aromatic nitrogens is 4. The van der Waals surface area contributed by atoms with Gasteiger partial charge in [-0.3, -0.25) is 9.59 Å². The molecule has 0 saturated carbocycles. The maximum absolute atomic E-state index is 12.8. The van der Waals surface area contributed by atoms with Gasteiger partial charge in [-0.2, -0.15) is 4.68 Å². The number of rotatable bonds is 10. The summed E-state index contributed by atoms with van der Waals surface area (Å²) in [5, 5.41) is 17.4. The Labute approximate surface area is 206 Å². The van der Waals surface area contributed by atoms with Crippen molar-refractivity contribution in [1.82, 2.24) is 25.5 Å². The van der Waals surface area contributed by atoms with Crippen LogP contribution in [0.2, 0.25) is 0 Å². The molecule has 35 heavy (non-hydrogen) atoms. The van der Waals surface area contributed by atoms with Crippen LogP contribution in [0.3, 0.4) is 0 Å². The Morgan fingerprint density at radius 2 is 1.71 bits per heavy atom. The van der Waals surface area contributed by atoms with Crippen LogP contribution in [0, 0.1) is 0 Å². The van der Waals surface area contributed by atoms with Crippen LogP contribution in [-0.4, -0.2) is 45.2 Å². The van der Waals surface area contributed by atoms with Gasteiger partial charge in [-0.25, -0.2) is 0 Å². The molecule has 2 N–H and O–H groups in total. The summed E-state index contributed by atoms with van der Waals surface area (Å²) >= 11 is 1.45. The lowest BCUT2D eigenvalue weighted by molar-refractivity contribution is -0.115. The molecule has 1 heterocycles. The number of anilines is 1. The summed E-state index contributed by atoms with van der Waals surface area (Å²) in [6.07, 6.45) is 0. The number of amides is 2. The number of hydrogen-bond donors (Lipinski definition) is 2. The smallest absolute Gasteiger partial charge is 0.252 e. The number of nitrogens with zero attached hydrogens (tertiary/aromatic N) is 4. The van der Waals surface area contributed by atoms with Crippen molar-refractivity contribution in [2.75, 3.05) is 18.5 Å². The van der Waals surface area contributed by atoms with Gasteiger partial charge < -0.3 is 15.4 Å². The third kappa shape index (κ3) is 6.45. The molecule has 1 aromatic heterocycles. The summed E-state index contributed by atoms with van der Waals surface area (Å²) in [4.78, 5) is 25.9. The molecule has 0 saturated heterocycles. The third-order valence-electron chi connectivity index (χ3n) is 4.88. The molecule has 4 rings (SSSR count). The second-order valence-electron chi connectivity index (χ2n) is 7.32. The highest BCUT2D eigenvalue weighted by atomic mass is 32.2. The first-order chi connectivity index (χ1) is 17.1. The fourth-order valence-electron chi connectivity index (χ4n) is 3.25. The average molecular weight is 489 g/mol. The van der Waals surface area contributed by atoms with Crippen molar-refractivity contribution in [3.05, 3.63) is 90.3 Å². The van der Waals surface area contributed by atoms with Gasteiger partial charge in [0.2, 0.25) is 5.91 Å². The number of ether oxygens (including phenoxy) is 1. The number of hydrogen-bond acceptors (Lipinski definition) is 7. The second-order valence-corrected chi connectivity index (χ2v) is 8.33. The van der Waals surface area contributed by atoms with E-state index >= 15 is 0 Å². The van der Waals surface area contributed by atoms with Crippen LogP contribution in [0.1, 0.15) is 23.1 Å². The summed E-state index contributed by atoms with van der Waals surface area (Å²) < 4.78 is 7.06. The zero-order chi connectivity index (χ0) is 24.5. The van der Waals surface area contributed by atoms with Gasteiger partial charge in [-0.05, 0) is 65.9 Å².